The van der Waals surface area contributed by atoms with Gasteiger partial charge in [-0.05, 0) is 84.2 Å². The molecule has 2 aromatic carbocycles. The average molecular weight is 364 g/mol. The molecule has 4 unspecified atom stereocenters. The van der Waals surface area contributed by atoms with Gasteiger partial charge in [0.05, 0.1) is 5.56 Å². The van der Waals surface area contributed by atoms with Crippen LogP contribution in [0.5, 0.6) is 0 Å². The molecule has 27 heavy (non-hydrogen) atoms. The molecule has 0 bridgehead atoms. The molecule has 2 aromatic rings. The maximum absolute atomic E-state index is 14.0. The van der Waals surface area contributed by atoms with Crippen molar-refractivity contribution in [3.8, 4) is 6.07 Å². The van der Waals surface area contributed by atoms with Crippen molar-refractivity contribution in [2.24, 2.45) is 17.8 Å². The van der Waals surface area contributed by atoms with Gasteiger partial charge in [0, 0.05) is 0 Å². The highest BCUT2D eigenvalue weighted by Gasteiger charge is 2.35. The topological polar surface area (TPSA) is 23.8 Å². The van der Waals surface area contributed by atoms with Gasteiger partial charge in [0.15, 0.2) is 0 Å². The zero-order valence-electron chi connectivity index (χ0n) is 16.4. The van der Waals surface area contributed by atoms with Crippen LogP contribution >= 0.6 is 0 Å². The Morgan fingerprint density at radius 3 is 2.63 bits per heavy atom. The summed E-state index contributed by atoms with van der Waals surface area (Å²) in [6.07, 6.45) is 12.4. The highest BCUT2D eigenvalue weighted by atomic mass is 19.1. The Labute approximate surface area is 162 Å². The van der Waals surface area contributed by atoms with E-state index >= 15 is 0 Å². The second-order valence-electron chi connectivity index (χ2n) is 8.90. The van der Waals surface area contributed by atoms with Crippen molar-refractivity contribution >= 4 is 10.8 Å². The van der Waals surface area contributed by atoms with E-state index in [2.05, 4.69) is 25.1 Å². The summed E-state index contributed by atoms with van der Waals surface area (Å²) in [5.74, 6) is 3.00. The third-order valence-corrected chi connectivity index (χ3v) is 7.23. The lowest BCUT2D eigenvalue weighted by atomic mass is 9.63. The predicted molar refractivity (Wildman–Crippen MR) is 109 cm³/mol. The fraction of sp³-hybridized carbons (Fsp3) is 0.560. The average Bonchev–Trinajstić information content (AvgIpc) is 2.70. The molecule has 2 saturated carbocycles. The number of rotatable bonds is 4. The zero-order chi connectivity index (χ0) is 18.8. The van der Waals surface area contributed by atoms with Gasteiger partial charge in [-0.3, -0.25) is 0 Å². The van der Waals surface area contributed by atoms with E-state index in [4.69, 9.17) is 5.26 Å². The van der Waals surface area contributed by atoms with E-state index in [-0.39, 0.29) is 5.56 Å². The summed E-state index contributed by atoms with van der Waals surface area (Å²) in [6, 6.07) is 11.6. The summed E-state index contributed by atoms with van der Waals surface area (Å²) in [5.41, 5.74) is 1.49. The quantitative estimate of drug-likeness (QED) is 0.557. The summed E-state index contributed by atoms with van der Waals surface area (Å²) < 4.78 is 14.0. The Morgan fingerprint density at radius 2 is 1.81 bits per heavy atom. The van der Waals surface area contributed by atoms with Crippen LogP contribution in [0.25, 0.3) is 10.8 Å². The van der Waals surface area contributed by atoms with Gasteiger partial charge in [0.25, 0.3) is 0 Å². The number of hydrogen-bond donors (Lipinski definition) is 0. The summed E-state index contributed by atoms with van der Waals surface area (Å²) in [5, 5.41) is 10.9. The molecule has 2 fully saturated rings. The van der Waals surface area contributed by atoms with Gasteiger partial charge in [-0.15, -0.1) is 0 Å². The molecule has 0 spiro atoms. The van der Waals surface area contributed by atoms with Crippen LogP contribution in [0.4, 0.5) is 4.39 Å². The fourth-order valence-corrected chi connectivity index (χ4v) is 5.67. The standard InChI is InChI=1S/C25H30FN/c1-2-3-4-17-5-6-19-12-20(8-7-18(19)11-17)21-9-10-22-14-24(16-27)25(26)15-23(22)13-21/h9-10,13-15,17-20H,2-8,11-12H2,1H3. The minimum Gasteiger partial charge on any atom is -0.206 e. The first-order valence-electron chi connectivity index (χ1n) is 10.8. The second-order valence-corrected chi connectivity index (χ2v) is 8.90. The van der Waals surface area contributed by atoms with Crippen LogP contribution in [0.15, 0.2) is 30.3 Å². The van der Waals surface area contributed by atoms with E-state index in [9.17, 15) is 4.39 Å². The number of halogens is 1. The predicted octanol–water partition coefficient (Wildman–Crippen LogP) is 7.34. The zero-order valence-corrected chi connectivity index (χ0v) is 16.4. The van der Waals surface area contributed by atoms with E-state index in [1.165, 1.54) is 69.4 Å². The molecule has 2 heteroatoms. The Balaban J connectivity index is 1.47. The lowest BCUT2D eigenvalue weighted by Crippen LogP contribution is -2.30. The fourth-order valence-electron chi connectivity index (χ4n) is 5.67. The van der Waals surface area contributed by atoms with Crippen molar-refractivity contribution in [2.75, 3.05) is 0 Å². The van der Waals surface area contributed by atoms with Crippen molar-refractivity contribution in [3.63, 3.8) is 0 Å². The van der Waals surface area contributed by atoms with Crippen molar-refractivity contribution in [3.05, 3.63) is 47.3 Å². The first-order valence-corrected chi connectivity index (χ1v) is 10.8. The summed E-state index contributed by atoms with van der Waals surface area (Å²) in [4.78, 5) is 0. The molecule has 0 radical (unpaired) electrons. The molecule has 0 amide bonds. The maximum Gasteiger partial charge on any atom is 0.141 e. The first-order chi connectivity index (χ1) is 13.2. The van der Waals surface area contributed by atoms with Crippen LogP contribution in [0.1, 0.15) is 81.8 Å². The lowest BCUT2D eigenvalue weighted by Gasteiger charge is -2.42. The van der Waals surface area contributed by atoms with Gasteiger partial charge < -0.3 is 0 Å². The number of nitrogens with zero attached hydrogens (tertiary/aromatic N) is 1. The molecular weight excluding hydrogens is 333 g/mol. The highest BCUT2D eigenvalue weighted by molar-refractivity contribution is 5.84. The van der Waals surface area contributed by atoms with E-state index in [1.807, 2.05) is 6.07 Å². The summed E-state index contributed by atoms with van der Waals surface area (Å²) in [6.45, 7) is 2.30. The molecule has 0 saturated heterocycles. The first kappa shape index (κ1) is 18.5. The minimum absolute atomic E-state index is 0.135. The molecule has 0 aliphatic heterocycles. The maximum atomic E-state index is 14.0. The summed E-state index contributed by atoms with van der Waals surface area (Å²) in [7, 11) is 0. The molecule has 0 aromatic heterocycles. The Bertz CT molecular complexity index is 849. The van der Waals surface area contributed by atoms with Crippen molar-refractivity contribution in [1.29, 1.82) is 5.26 Å². The van der Waals surface area contributed by atoms with Crippen molar-refractivity contribution in [1.82, 2.24) is 0 Å². The van der Waals surface area contributed by atoms with Gasteiger partial charge in [-0.25, -0.2) is 4.39 Å². The van der Waals surface area contributed by atoms with Crippen LogP contribution in [0, 0.1) is 34.9 Å². The van der Waals surface area contributed by atoms with E-state index in [0.29, 0.717) is 5.92 Å². The largest absolute Gasteiger partial charge is 0.206 e. The molecule has 2 aliphatic carbocycles. The number of nitriles is 1. The van der Waals surface area contributed by atoms with Gasteiger partial charge in [0.2, 0.25) is 0 Å². The van der Waals surface area contributed by atoms with Crippen molar-refractivity contribution in [2.45, 2.75) is 70.6 Å². The van der Waals surface area contributed by atoms with E-state index < -0.39 is 5.82 Å². The van der Waals surface area contributed by atoms with Crippen LogP contribution < -0.4 is 0 Å². The van der Waals surface area contributed by atoms with Crippen LogP contribution in [0.3, 0.4) is 0 Å². The van der Waals surface area contributed by atoms with E-state index in [0.717, 1.165) is 28.5 Å². The monoisotopic (exact) mass is 363 g/mol. The number of fused-ring (bicyclic) bond motifs is 2. The van der Waals surface area contributed by atoms with Crippen molar-refractivity contribution < 1.29 is 4.39 Å². The van der Waals surface area contributed by atoms with Gasteiger partial charge in [-0.2, -0.15) is 5.26 Å². The number of hydrogen-bond acceptors (Lipinski definition) is 1. The highest BCUT2D eigenvalue weighted by Crippen LogP contribution is 2.48. The molecule has 1 nitrogen and oxygen atoms in total. The third-order valence-electron chi connectivity index (χ3n) is 7.23. The van der Waals surface area contributed by atoms with Crippen LogP contribution in [-0.2, 0) is 0 Å². The molecule has 4 rings (SSSR count). The molecular formula is C25H30FN. The smallest absolute Gasteiger partial charge is 0.141 e. The van der Waals surface area contributed by atoms with Crippen LogP contribution in [0.2, 0.25) is 0 Å². The Hall–Kier alpha value is -1.88. The lowest BCUT2D eigenvalue weighted by molar-refractivity contribution is 0.113. The molecule has 4 atom stereocenters. The number of unbranched alkanes of at least 4 members (excludes halogenated alkanes) is 1. The molecule has 0 heterocycles. The molecule has 142 valence electrons. The van der Waals surface area contributed by atoms with Gasteiger partial charge in [-0.1, -0.05) is 50.8 Å². The van der Waals surface area contributed by atoms with E-state index in [1.54, 1.807) is 6.07 Å². The Kier molecular flexibility index (Phi) is 5.48. The number of benzene rings is 2. The second kappa shape index (κ2) is 8.01. The summed E-state index contributed by atoms with van der Waals surface area (Å²) >= 11 is 0. The normalized spacial score (nSPS) is 27.9. The van der Waals surface area contributed by atoms with Gasteiger partial charge in [0.1, 0.15) is 11.9 Å². The minimum atomic E-state index is -0.406. The molecule has 2 aliphatic rings. The SMILES string of the molecule is CCCCC1CCC2CC(c3ccc4cc(C#N)c(F)cc4c3)CCC2C1. The van der Waals surface area contributed by atoms with Crippen LogP contribution in [-0.4, -0.2) is 0 Å². The molecule has 0 N–H and O–H groups in total. The van der Waals surface area contributed by atoms with Gasteiger partial charge >= 0.3 is 0 Å². The third kappa shape index (κ3) is 3.88. The Morgan fingerprint density at radius 1 is 1.00 bits per heavy atom.